The smallest absolute Gasteiger partial charge is 0.317 e. The van der Waals surface area contributed by atoms with Gasteiger partial charge in [0, 0.05) is 32.7 Å². The second-order valence-electron chi connectivity index (χ2n) is 5.30. The van der Waals surface area contributed by atoms with E-state index in [0.29, 0.717) is 19.1 Å². The fraction of sp³-hybridized carbons (Fsp3) is 0.562. The molecule has 0 heterocycles. The molecular weight excluding hydrogens is 250 g/mol. The highest BCUT2D eigenvalue weighted by Gasteiger charge is 2.10. The third kappa shape index (κ3) is 5.61. The van der Waals surface area contributed by atoms with E-state index in [-0.39, 0.29) is 6.03 Å². The molecule has 0 saturated carbocycles. The molecule has 1 N–H and O–H groups in total. The molecular formula is C16H27N3O. The lowest BCUT2D eigenvalue weighted by Gasteiger charge is -2.25. The Hall–Kier alpha value is -1.55. The molecule has 0 fully saturated rings. The Morgan fingerprint density at radius 3 is 2.45 bits per heavy atom. The summed E-state index contributed by atoms with van der Waals surface area (Å²) >= 11 is 0. The van der Waals surface area contributed by atoms with Gasteiger partial charge in [0.05, 0.1) is 0 Å². The number of nitrogens with one attached hydrogen (secondary N) is 1. The summed E-state index contributed by atoms with van der Waals surface area (Å²) in [7, 11) is 1.82. The normalized spacial score (nSPS) is 10.9. The number of urea groups is 1. The van der Waals surface area contributed by atoms with Crippen LogP contribution in [-0.4, -0.2) is 48.6 Å². The van der Waals surface area contributed by atoms with E-state index in [9.17, 15) is 4.79 Å². The lowest BCUT2D eigenvalue weighted by atomic mass is 10.2. The molecule has 0 radical (unpaired) electrons. The Balaban J connectivity index is 2.32. The van der Waals surface area contributed by atoms with Gasteiger partial charge in [0.25, 0.3) is 0 Å². The zero-order valence-corrected chi connectivity index (χ0v) is 13.1. The number of nitrogens with zero attached hydrogens (tertiary/aromatic N) is 2. The molecule has 0 spiro atoms. The van der Waals surface area contributed by atoms with Gasteiger partial charge in [-0.15, -0.1) is 0 Å². The molecule has 2 amide bonds. The highest BCUT2D eigenvalue weighted by Crippen LogP contribution is 2.02. The van der Waals surface area contributed by atoms with E-state index < -0.39 is 0 Å². The maximum atomic E-state index is 12.0. The molecule has 4 nitrogen and oxygen atoms in total. The summed E-state index contributed by atoms with van der Waals surface area (Å²) in [4.78, 5) is 16.0. The Bertz CT molecular complexity index is 392. The van der Waals surface area contributed by atoms with Gasteiger partial charge >= 0.3 is 6.03 Å². The molecule has 0 saturated heterocycles. The van der Waals surface area contributed by atoms with Crippen LogP contribution in [0.15, 0.2) is 30.3 Å². The average Bonchev–Trinajstić information content (AvgIpc) is 2.44. The first-order valence-electron chi connectivity index (χ1n) is 7.31. The number of hydrogen-bond donors (Lipinski definition) is 1. The van der Waals surface area contributed by atoms with Crippen LogP contribution in [-0.2, 0) is 6.54 Å². The van der Waals surface area contributed by atoms with Crippen molar-refractivity contribution in [2.24, 2.45) is 0 Å². The van der Waals surface area contributed by atoms with Gasteiger partial charge in [0.15, 0.2) is 0 Å². The molecule has 112 valence electrons. The summed E-state index contributed by atoms with van der Waals surface area (Å²) in [5, 5.41) is 2.97. The quantitative estimate of drug-likeness (QED) is 0.831. The van der Waals surface area contributed by atoms with Gasteiger partial charge in [0.1, 0.15) is 0 Å². The number of benzene rings is 1. The topological polar surface area (TPSA) is 35.6 Å². The van der Waals surface area contributed by atoms with Crippen molar-refractivity contribution in [2.75, 3.05) is 26.7 Å². The summed E-state index contributed by atoms with van der Waals surface area (Å²) < 4.78 is 0. The second-order valence-corrected chi connectivity index (χ2v) is 5.30. The monoisotopic (exact) mass is 277 g/mol. The fourth-order valence-corrected chi connectivity index (χ4v) is 2.15. The van der Waals surface area contributed by atoms with Crippen LogP contribution in [0.25, 0.3) is 0 Å². The van der Waals surface area contributed by atoms with Crippen LogP contribution in [0.1, 0.15) is 26.3 Å². The Morgan fingerprint density at radius 1 is 1.25 bits per heavy atom. The number of carbonyl (C=O) groups is 1. The van der Waals surface area contributed by atoms with E-state index in [1.165, 1.54) is 0 Å². The third-order valence-electron chi connectivity index (χ3n) is 3.42. The van der Waals surface area contributed by atoms with Gasteiger partial charge in [-0.05, 0) is 26.0 Å². The molecule has 0 aliphatic heterocycles. The first-order valence-corrected chi connectivity index (χ1v) is 7.31. The maximum Gasteiger partial charge on any atom is 0.317 e. The molecule has 1 rings (SSSR count). The van der Waals surface area contributed by atoms with Crippen molar-refractivity contribution in [2.45, 2.75) is 33.4 Å². The molecule has 1 aromatic rings. The molecule has 0 aromatic heterocycles. The predicted octanol–water partition coefficient (Wildman–Crippen LogP) is 2.56. The fourth-order valence-electron chi connectivity index (χ4n) is 2.15. The molecule has 4 heteroatoms. The van der Waals surface area contributed by atoms with Crippen LogP contribution in [0.4, 0.5) is 4.79 Å². The van der Waals surface area contributed by atoms with E-state index in [4.69, 9.17) is 0 Å². The minimum absolute atomic E-state index is 0.0198. The van der Waals surface area contributed by atoms with Gasteiger partial charge in [-0.2, -0.15) is 0 Å². The van der Waals surface area contributed by atoms with Gasteiger partial charge in [-0.25, -0.2) is 4.79 Å². The van der Waals surface area contributed by atoms with Crippen LogP contribution in [0.2, 0.25) is 0 Å². The molecule has 0 atom stereocenters. The number of likely N-dealkylation sites (N-methyl/N-ethyl adjacent to an activating group) is 1. The van der Waals surface area contributed by atoms with Gasteiger partial charge in [-0.3, -0.25) is 4.90 Å². The van der Waals surface area contributed by atoms with E-state index >= 15 is 0 Å². The van der Waals surface area contributed by atoms with Crippen molar-refractivity contribution in [1.82, 2.24) is 15.1 Å². The number of rotatable bonds is 7. The largest absolute Gasteiger partial charge is 0.337 e. The summed E-state index contributed by atoms with van der Waals surface area (Å²) in [5.74, 6) is 0. The van der Waals surface area contributed by atoms with Crippen molar-refractivity contribution in [1.29, 1.82) is 0 Å². The number of hydrogen-bond acceptors (Lipinski definition) is 2. The standard InChI is InChI=1S/C16H27N3O/c1-5-19(14(2)3)12-11-17-16(20)18(4)13-15-9-7-6-8-10-15/h6-10,14H,5,11-13H2,1-4H3,(H,17,20). The van der Waals surface area contributed by atoms with Gasteiger partial charge in [0.2, 0.25) is 0 Å². The molecule has 20 heavy (non-hydrogen) atoms. The van der Waals surface area contributed by atoms with Crippen LogP contribution < -0.4 is 5.32 Å². The third-order valence-corrected chi connectivity index (χ3v) is 3.42. The van der Waals surface area contributed by atoms with E-state index in [1.54, 1.807) is 4.90 Å². The Kier molecular flexibility index (Phi) is 7.09. The maximum absolute atomic E-state index is 12.0. The van der Waals surface area contributed by atoms with E-state index in [1.807, 2.05) is 37.4 Å². The Morgan fingerprint density at radius 2 is 1.90 bits per heavy atom. The lowest BCUT2D eigenvalue weighted by molar-refractivity contribution is 0.199. The van der Waals surface area contributed by atoms with Crippen LogP contribution >= 0.6 is 0 Å². The molecule has 0 aliphatic rings. The molecule has 0 bridgehead atoms. The minimum Gasteiger partial charge on any atom is -0.337 e. The summed E-state index contributed by atoms with van der Waals surface area (Å²) in [6, 6.07) is 10.5. The van der Waals surface area contributed by atoms with Crippen LogP contribution in [0.3, 0.4) is 0 Å². The Labute approximate surface area is 122 Å². The second kappa shape index (κ2) is 8.59. The van der Waals surface area contributed by atoms with Gasteiger partial charge < -0.3 is 10.2 Å². The summed E-state index contributed by atoms with van der Waals surface area (Å²) in [6.07, 6.45) is 0. The average molecular weight is 277 g/mol. The molecule has 1 aromatic carbocycles. The number of amides is 2. The number of carbonyl (C=O) groups excluding carboxylic acids is 1. The predicted molar refractivity (Wildman–Crippen MR) is 83.7 cm³/mol. The zero-order chi connectivity index (χ0) is 15.0. The van der Waals surface area contributed by atoms with Crippen LogP contribution in [0, 0.1) is 0 Å². The first kappa shape index (κ1) is 16.5. The van der Waals surface area contributed by atoms with Crippen molar-refractivity contribution >= 4 is 6.03 Å². The summed E-state index contributed by atoms with van der Waals surface area (Å²) in [5.41, 5.74) is 1.14. The first-order chi connectivity index (χ1) is 9.54. The van der Waals surface area contributed by atoms with Crippen molar-refractivity contribution in [3.05, 3.63) is 35.9 Å². The van der Waals surface area contributed by atoms with Gasteiger partial charge in [-0.1, -0.05) is 37.3 Å². The molecule has 0 unspecified atom stereocenters. The highest BCUT2D eigenvalue weighted by molar-refractivity contribution is 5.73. The van der Waals surface area contributed by atoms with Crippen molar-refractivity contribution in [3.8, 4) is 0 Å². The SMILES string of the molecule is CCN(CCNC(=O)N(C)Cc1ccccc1)C(C)C. The highest BCUT2D eigenvalue weighted by atomic mass is 16.2. The van der Waals surface area contributed by atoms with Crippen LogP contribution in [0.5, 0.6) is 0 Å². The lowest BCUT2D eigenvalue weighted by Crippen LogP contribution is -2.42. The van der Waals surface area contributed by atoms with Crippen molar-refractivity contribution < 1.29 is 4.79 Å². The minimum atomic E-state index is -0.0198. The summed E-state index contributed by atoms with van der Waals surface area (Å²) in [6.45, 7) is 9.70. The van der Waals surface area contributed by atoms with E-state index in [2.05, 4.69) is 31.0 Å². The molecule has 0 aliphatic carbocycles. The zero-order valence-electron chi connectivity index (χ0n) is 13.1. The van der Waals surface area contributed by atoms with Crippen molar-refractivity contribution in [3.63, 3.8) is 0 Å². The van der Waals surface area contributed by atoms with E-state index in [0.717, 1.165) is 18.7 Å².